The summed E-state index contributed by atoms with van der Waals surface area (Å²) in [6, 6.07) is 13.0. The van der Waals surface area contributed by atoms with Crippen LogP contribution < -0.4 is 4.80 Å². The van der Waals surface area contributed by atoms with Gasteiger partial charge in [0.25, 0.3) is 5.91 Å². The van der Waals surface area contributed by atoms with E-state index in [1.807, 2.05) is 47.0 Å². The Kier molecular flexibility index (Phi) is 4.36. The molecule has 0 bridgehead atoms. The van der Waals surface area contributed by atoms with Gasteiger partial charge in [0, 0.05) is 11.6 Å². The number of nitrogens with zero attached hydrogens (tertiary/aromatic N) is 4. The molecule has 0 aliphatic rings. The number of aromatic nitrogens is 3. The first-order chi connectivity index (χ1) is 12.7. The molecule has 1 amide bonds. The smallest absolute Gasteiger partial charge is 0.299 e. The van der Waals surface area contributed by atoms with Crippen molar-refractivity contribution in [1.82, 2.24) is 14.5 Å². The van der Waals surface area contributed by atoms with Crippen LogP contribution in [0.3, 0.4) is 0 Å². The van der Waals surface area contributed by atoms with Gasteiger partial charge in [0.1, 0.15) is 5.69 Å². The van der Waals surface area contributed by atoms with E-state index in [4.69, 9.17) is 11.6 Å². The molecule has 5 nitrogen and oxygen atoms in total. The Labute approximate surface area is 157 Å². The molecule has 0 saturated heterocycles. The lowest BCUT2D eigenvalue weighted by Crippen LogP contribution is -2.16. The van der Waals surface area contributed by atoms with Gasteiger partial charge in [0.05, 0.1) is 27.4 Å². The van der Waals surface area contributed by atoms with Crippen molar-refractivity contribution in [2.24, 2.45) is 4.99 Å². The number of rotatable bonds is 3. The van der Waals surface area contributed by atoms with Crippen LogP contribution >= 0.6 is 22.9 Å². The van der Waals surface area contributed by atoms with Crippen molar-refractivity contribution in [3.05, 3.63) is 76.8 Å². The highest BCUT2D eigenvalue weighted by molar-refractivity contribution is 7.16. The van der Waals surface area contributed by atoms with Crippen LogP contribution in [-0.2, 0) is 6.54 Å². The first-order valence-corrected chi connectivity index (χ1v) is 9.06. The molecule has 26 heavy (non-hydrogen) atoms. The highest BCUT2D eigenvalue weighted by atomic mass is 35.5. The van der Waals surface area contributed by atoms with Crippen LogP contribution in [-0.4, -0.2) is 20.4 Å². The third-order valence-corrected chi connectivity index (χ3v) is 5.10. The van der Waals surface area contributed by atoms with E-state index in [2.05, 4.69) is 21.5 Å². The van der Waals surface area contributed by atoms with Crippen molar-refractivity contribution in [3.63, 3.8) is 0 Å². The molecule has 7 heteroatoms. The van der Waals surface area contributed by atoms with Gasteiger partial charge in [0.2, 0.25) is 0 Å². The van der Waals surface area contributed by atoms with E-state index in [1.54, 1.807) is 6.08 Å². The average Bonchev–Trinajstić information content (AvgIpc) is 2.98. The number of carbonyl (C=O) groups excluding carboxylic acids is 1. The van der Waals surface area contributed by atoms with Crippen molar-refractivity contribution in [1.29, 1.82) is 0 Å². The summed E-state index contributed by atoms with van der Waals surface area (Å²) in [6.07, 6.45) is 3.22. The molecule has 4 aromatic rings. The number of hydrogen-bond acceptors (Lipinski definition) is 4. The predicted octanol–water partition coefficient (Wildman–Crippen LogP) is 4.23. The van der Waals surface area contributed by atoms with Gasteiger partial charge in [-0.1, -0.05) is 41.1 Å². The van der Waals surface area contributed by atoms with E-state index in [1.165, 1.54) is 17.5 Å². The van der Waals surface area contributed by atoms with Gasteiger partial charge in [-0.2, -0.15) is 4.99 Å². The van der Waals surface area contributed by atoms with Crippen LogP contribution in [0.4, 0.5) is 0 Å². The summed E-state index contributed by atoms with van der Waals surface area (Å²) in [5.74, 6) is -0.432. The lowest BCUT2D eigenvalue weighted by atomic mass is 10.3. The molecule has 0 unspecified atom stereocenters. The maximum Gasteiger partial charge on any atom is 0.299 e. The lowest BCUT2D eigenvalue weighted by Gasteiger charge is -2.01. The predicted molar refractivity (Wildman–Crippen MR) is 104 cm³/mol. The molecule has 2 aromatic carbocycles. The summed E-state index contributed by atoms with van der Waals surface area (Å²) in [5.41, 5.74) is 2.57. The molecule has 0 fully saturated rings. The molecular formula is C19H13ClN4OS. The second-order valence-electron chi connectivity index (χ2n) is 5.56. The van der Waals surface area contributed by atoms with Crippen molar-refractivity contribution < 1.29 is 4.79 Å². The summed E-state index contributed by atoms with van der Waals surface area (Å²) in [4.78, 5) is 26.1. The first-order valence-electron chi connectivity index (χ1n) is 7.86. The molecule has 0 aliphatic carbocycles. The van der Waals surface area contributed by atoms with E-state index in [9.17, 15) is 4.79 Å². The maximum absolute atomic E-state index is 12.6. The standard InChI is InChI=1S/C19H13ClN4OS/c1-2-9-24-16-8-7-12(20)10-17(16)26-19(24)23-18(25)15-11-21-13-5-3-4-6-14(13)22-15/h2-8,10-11H,1,9H2. The molecule has 128 valence electrons. The molecule has 0 aliphatic heterocycles. The number of halogens is 1. The van der Waals surface area contributed by atoms with Gasteiger partial charge >= 0.3 is 0 Å². The zero-order chi connectivity index (χ0) is 18.1. The lowest BCUT2D eigenvalue weighted by molar-refractivity contribution is 0.0993. The fraction of sp³-hybridized carbons (Fsp3) is 0.0526. The Morgan fingerprint density at radius 3 is 2.88 bits per heavy atom. The molecule has 0 N–H and O–H groups in total. The zero-order valence-electron chi connectivity index (χ0n) is 13.6. The molecule has 0 atom stereocenters. The Bertz CT molecular complexity index is 1230. The summed E-state index contributed by atoms with van der Waals surface area (Å²) < 4.78 is 2.88. The number of fused-ring (bicyclic) bond motifs is 2. The number of benzene rings is 2. The van der Waals surface area contributed by atoms with E-state index < -0.39 is 5.91 Å². The topological polar surface area (TPSA) is 60.1 Å². The first kappa shape index (κ1) is 16.6. The van der Waals surface area contributed by atoms with Crippen molar-refractivity contribution in [2.45, 2.75) is 6.54 Å². The summed E-state index contributed by atoms with van der Waals surface area (Å²) >= 11 is 7.48. The van der Waals surface area contributed by atoms with Gasteiger partial charge in [-0.15, -0.1) is 6.58 Å². The van der Waals surface area contributed by atoms with E-state index in [0.29, 0.717) is 21.9 Å². The third-order valence-electron chi connectivity index (χ3n) is 3.82. The van der Waals surface area contributed by atoms with Crippen molar-refractivity contribution >= 4 is 50.1 Å². The van der Waals surface area contributed by atoms with Gasteiger partial charge < -0.3 is 4.57 Å². The van der Waals surface area contributed by atoms with Gasteiger partial charge in [-0.25, -0.2) is 4.98 Å². The zero-order valence-corrected chi connectivity index (χ0v) is 15.2. The maximum atomic E-state index is 12.6. The normalized spacial score (nSPS) is 12.0. The van der Waals surface area contributed by atoms with Gasteiger partial charge in [0.15, 0.2) is 4.80 Å². The molecule has 0 radical (unpaired) electrons. The molecule has 2 aromatic heterocycles. The Morgan fingerprint density at radius 2 is 2.08 bits per heavy atom. The van der Waals surface area contributed by atoms with Crippen LogP contribution in [0.25, 0.3) is 21.3 Å². The quantitative estimate of drug-likeness (QED) is 0.500. The number of thiazole rings is 1. The minimum atomic E-state index is -0.432. The largest absolute Gasteiger partial charge is 0.312 e. The molecular weight excluding hydrogens is 368 g/mol. The van der Waals surface area contributed by atoms with Crippen LogP contribution in [0, 0.1) is 0 Å². The Morgan fingerprint density at radius 1 is 1.27 bits per heavy atom. The minimum absolute atomic E-state index is 0.212. The molecule has 0 saturated carbocycles. The van der Waals surface area contributed by atoms with E-state index >= 15 is 0 Å². The van der Waals surface area contributed by atoms with E-state index in [0.717, 1.165) is 15.7 Å². The van der Waals surface area contributed by atoms with E-state index in [-0.39, 0.29) is 5.69 Å². The highest BCUT2D eigenvalue weighted by Gasteiger charge is 2.11. The third kappa shape index (κ3) is 3.05. The Hall–Kier alpha value is -2.83. The van der Waals surface area contributed by atoms with Gasteiger partial charge in [-0.05, 0) is 30.3 Å². The second-order valence-corrected chi connectivity index (χ2v) is 7.00. The number of amides is 1. The summed E-state index contributed by atoms with van der Waals surface area (Å²) in [7, 11) is 0. The number of carbonyl (C=O) groups is 1. The molecule has 0 spiro atoms. The molecule has 4 rings (SSSR count). The van der Waals surface area contributed by atoms with Crippen LogP contribution in [0.2, 0.25) is 5.02 Å². The fourth-order valence-corrected chi connectivity index (χ4v) is 3.96. The van der Waals surface area contributed by atoms with Crippen molar-refractivity contribution in [2.75, 3.05) is 0 Å². The SMILES string of the molecule is C=CCn1c(=NC(=O)c2cnc3ccccc3n2)sc2cc(Cl)ccc21. The van der Waals surface area contributed by atoms with Crippen LogP contribution in [0.5, 0.6) is 0 Å². The number of para-hydroxylation sites is 2. The monoisotopic (exact) mass is 380 g/mol. The fourth-order valence-electron chi connectivity index (χ4n) is 2.64. The van der Waals surface area contributed by atoms with Crippen LogP contribution in [0.15, 0.2) is 66.3 Å². The average molecular weight is 381 g/mol. The Balaban J connectivity index is 1.84. The summed E-state index contributed by atoms with van der Waals surface area (Å²) in [5, 5.41) is 0.641. The van der Waals surface area contributed by atoms with Crippen LogP contribution in [0.1, 0.15) is 10.5 Å². The number of allylic oxidation sites excluding steroid dienone is 1. The highest BCUT2D eigenvalue weighted by Crippen LogP contribution is 2.22. The van der Waals surface area contributed by atoms with Crippen molar-refractivity contribution in [3.8, 4) is 0 Å². The second kappa shape index (κ2) is 6.82. The van der Waals surface area contributed by atoms with Gasteiger partial charge in [-0.3, -0.25) is 9.78 Å². The minimum Gasteiger partial charge on any atom is -0.312 e. The number of hydrogen-bond donors (Lipinski definition) is 0. The summed E-state index contributed by atoms with van der Waals surface area (Å²) in [6.45, 7) is 4.32. The molecule has 2 heterocycles.